The summed E-state index contributed by atoms with van der Waals surface area (Å²) in [5.41, 5.74) is -0.381. The Hall–Kier alpha value is -0.810. The first-order valence-electron chi connectivity index (χ1n) is 3.39. The van der Waals surface area contributed by atoms with E-state index in [1.54, 1.807) is 7.05 Å². The molecule has 0 rings (SSSR count). The van der Waals surface area contributed by atoms with E-state index in [9.17, 15) is 0 Å². The third-order valence-electron chi connectivity index (χ3n) is 1.65. The van der Waals surface area contributed by atoms with Crippen LogP contribution in [0.5, 0.6) is 0 Å². The van der Waals surface area contributed by atoms with E-state index < -0.39 is 0 Å². The topological polar surface area (TPSA) is 35.8 Å². The minimum atomic E-state index is -0.381. The van der Waals surface area contributed by atoms with Crippen molar-refractivity contribution in [1.82, 2.24) is 5.32 Å². The molecule has 1 N–H and O–H groups in total. The largest absolute Gasteiger partial charge is 0.303 e. The maximum atomic E-state index is 8.67. The number of allylic oxidation sites excluding steroid dienone is 1. The molecule has 2 nitrogen and oxygen atoms in total. The summed E-state index contributed by atoms with van der Waals surface area (Å²) < 4.78 is 0. The van der Waals surface area contributed by atoms with Crippen molar-refractivity contribution in [3.63, 3.8) is 0 Å². The summed E-state index contributed by atoms with van der Waals surface area (Å²) in [6, 6.07) is 2.20. The van der Waals surface area contributed by atoms with E-state index in [0.29, 0.717) is 0 Å². The molecule has 0 aliphatic carbocycles. The van der Waals surface area contributed by atoms with Crippen LogP contribution in [0.25, 0.3) is 0 Å². The lowest BCUT2D eigenvalue weighted by atomic mass is 9.98. The van der Waals surface area contributed by atoms with E-state index in [1.165, 1.54) is 0 Å². The number of nitrogens with zero attached hydrogens (tertiary/aromatic N) is 1. The van der Waals surface area contributed by atoms with Gasteiger partial charge in [-0.2, -0.15) is 5.26 Å². The van der Waals surface area contributed by atoms with Crippen molar-refractivity contribution >= 4 is 0 Å². The molecule has 0 saturated heterocycles. The molecule has 0 aromatic heterocycles. The first-order chi connectivity index (χ1) is 4.68. The molecular weight excluding hydrogens is 124 g/mol. The average molecular weight is 138 g/mol. The second-order valence-corrected chi connectivity index (χ2v) is 2.52. The Bertz CT molecular complexity index is 146. The third kappa shape index (κ3) is 2.65. The summed E-state index contributed by atoms with van der Waals surface area (Å²) in [5.74, 6) is 0. The minimum Gasteiger partial charge on any atom is -0.303 e. The molecule has 2 heteroatoms. The fraction of sp³-hybridized carbons (Fsp3) is 0.625. The van der Waals surface area contributed by atoms with Gasteiger partial charge in [0.15, 0.2) is 0 Å². The maximum absolute atomic E-state index is 8.67. The Labute approximate surface area is 62.5 Å². The van der Waals surface area contributed by atoms with Crippen LogP contribution in [0.2, 0.25) is 0 Å². The van der Waals surface area contributed by atoms with Gasteiger partial charge in [0, 0.05) is 0 Å². The molecule has 0 fully saturated rings. The highest BCUT2D eigenvalue weighted by molar-refractivity contribution is 5.03. The molecule has 56 valence electrons. The summed E-state index contributed by atoms with van der Waals surface area (Å²) in [4.78, 5) is 0. The van der Waals surface area contributed by atoms with E-state index in [-0.39, 0.29) is 5.54 Å². The monoisotopic (exact) mass is 138 g/mol. The van der Waals surface area contributed by atoms with Crippen LogP contribution in [0.1, 0.15) is 19.8 Å². The highest BCUT2D eigenvalue weighted by atomic mass is 14.9. The van der Waals surface area contributed by atoms with Gasteiger partial charge in [0.2, 0.25) is 0 Å². The lowest BCUT2D eigenvalue weighted by Crippen LogP contribution is -2.37. The van der Waals surface area contributed by atoms with Gasteiger partial charge in [-0.15, -0.1) is 6.58 Å². The van der Waals surface area contributed by atoms with Gasteiger partial charge in [0.1, 0.15) is 5.54 Å². The van der Waals surface area contributed by atoms with Crippen molar-refractivity contribution in [3.8, 4) is 6.07 Å². The molecule has 0 aliphatic rings. The number of nitriles is 1. The fourth-order valence-electron chi connectivity index (χ4n) is 0.628. The van der Waals surface area contributed by atoms with Gasteiger partial charge in [0.05, 0.1) is 6.07 Å². The lowest BCUT2D eigenvalue weighted by Gasteiger charge is -2.18. The fourth-order valence-corrected chi connectivity index (χ4v) is 0.628. The molecule has 0 radical (unpaired) electrons. The normalized spacial score (nSPS) is 15.3. The summed E-state index contributed by atoms with van der Waals surface area (Å²) in [7, 11) is 1.80. The highest BCUT2D eigenvalue weighted by Gasteiger charge is 2.18. The smallest absolute Gasteiger partial charge is 0.103 e. The molecule has 0 bridgehead atoms. The van der Waals surface area contributed by atoms with Crippen LogP contribution >= 0.6 is 0 Å². The Morgan fingerprint density at radius 1 is 1.80 bits per heavy atom. The standard InChI is InChI=1S/C8H14N2/c1-4-5-6-8(2,7-9)10-3/h4,10H,1,5-6H2,2-3H3. The van der Waals surface area contributed by atoms with Gasteiger partial charge in [0.25, 0.3) is 0 Å². The van der Waals surface area contributed by atoms with E-state index in [1.807, 2.05) is 13.0 Å². The maximum Gasteiger partial charge on any atom is 0.103 e. The van der Waals surface area contributed by atoms with Crippen molar-refractivity contribution < 1.29 is 0 Å². The first kappa shape index (κ1) is 9.19. The summed E-state index contributed by atoms with van der Waals surface area (Å²) >= 11 is 0. The molecular formula is C8H14N2. The number of nitrogens with one attached hydrogen (secondary N) is 1. The van der Waals surface area contributed by atoms with Gasteiger partial charge in [-0.05, 0) is 26.8 Å². The van der Waals surface area contributed by atoms with Crippen molar-refractivity contribution in [2.45, 2.75) is 25.3 Å². The molecule has 0 amide bonds. The van der Waals surface area contributed by atoms with Crippen LogP contribution < -0.4 is 5.32 Å². The second-order valence-electron chi connectivity index (χ2n) is 2.52. The molecule has 0 aromatic carbocycles. The Kier molecular flexibility index (Phi) is 3.75. The van der Waals surface area contributed by atoms with Gasteiger partial charge < -0.3 is 5.32 Å². The zero-order valence-electron chi connectivity index (χ0n) is 6.65. The van der Waals surface area contributed by atoms with Gasteiger partial charge in [-0.3, -0.25) is 0 Å². The Balaban J connectivity index is 3.83. The third-order valence-corrected chi connectivity index (χ3v) is 1.65. The molecule has 10 heavy (non-hydrogen) atoms. The SMILES string of the molecule is C=CCCC(C)(C#N)NC. The molecule has 0 aromatic rings. The van der Waals surface area contributed by atoms with Crippen LogP contribution in [-0.4, -0.2) is 12.6 Å². The molecule has 1 unspecified atom stereocenters. The predicted octanol–water partition coefficient (Wildman–Crippen LogP) is 1.45. The van der Waals surface area contributed by atoms with E-state index in [4.69, 9.17) is 5.26 Å². The summed E-state index contributed by atoms with van der Waals surface area (Å²) in [6.45, 7) is 5.48. The molecule has 1 atom stereocenters. The Morgan fingerprint density at radius 2 is 2.40 bits per heavy atom. The number of rotatable bonds is 4. The quantitative estimate of drug-likeness (QED) is 0.597. The van der Waals surface area contributed by atoms with Gasteiger partial charge >= 0.3 is 0 Å². The van der Waals surface area contributed by atoms with E-state index in [2.05, 4.69) is 18.0 Å². The molecule has 0 saturated carbocycles. The lowest BCUT2D eigenvalue weighted by molar-refractivity contribution is 0.459. The zero-order chi connectivity index (χ0) is 8.04. The van der Waals surface area contributed by atoms with Crippen molar-refractivity contribution in [1.29, 1.82) is 5.26 Å². The summed E-state index contributed by atoms with van der Waals surface area (Å²) in [5, 5.41) is 11.6. The van der Waals surface area contributed by atoms with Crippen LogP contribution in [0.3, 0.4) is 0 Å². The predicted molar refractivity (Wildman–Crippen MR) is 42.5 cm³/mol. The van der Waals surface area contributed by atoms with Crippen LogP contribution in [0, 0.1) is 11.3 Å². The minimum absolute atomic E-state index is 0.381. The van der Waals surface area contributed by atoms with Crippen molar-refractivity contribution in [3.05, 3.63) is 12.7 Å². The zero-order valence-corrected chi connectivity index (χ0v) is 6.65. The van der Waals surface area contributed by atoms with E-state index >= 15 is 0 Å². The average Bonchev–Trinajstić information content (AvgIpc) is 2.00. The van der Waals surface area contributed by atoms with Gasteiger partial charge in [-0.1, -0.05) is 6.08 Å². The molecule has 0 spiro atoms. The highest BCUT2D eigenvalue weighted by Crippen LogP contribution is 2.09. The van der Waals surface area contributed by atoms with Crippen molar-refractivity contribution in [2.24, 2.45) is 0 Å². The first-order valence-corrected chi connectivity index (χ1v) is 3.39. The number of hydrogen-bond donors (Lipinski definition) is 1. The van der Waals surface area contributed by atoms with Crippen LogP contribution in [-0.2, 0) is 0 Å². The van der Waals surface area contributed by atoms with E-state index in [0.717, 1.165) is 12.8 Å². The molecule has 0 heterocycles. The van der Waals surface area contributed by atoms with Crippen LogP contribution in [0.15, 0.2) is 12.7 Å². The van der Waals surface area contributed by atoms with Crippen molar-refractivity contribution in [2.75, 3.05) is 7.05 Å². The Morgan fingerprint density at radius 3 is 2.70 bits per heavy atom. The summed E-state index contributed by atoms with van der Waals surface area (Å²) in [6.07, 6.45) is 3.53. The van der Waals surface area contributed by atoms with Crippen LogP contribution in [0.4, 0.5) is 0 Å². The number of hydrogen-bond acceptors (Lipinski definition) is 2. The second kappa shape index (κ2) is 4.08. The molecule has 0 aliphatic heterocycles. The van der Waals surface area contributed by atoms with Gasteiger partial charge in [-0.25, -0.2) is 0 Å².